The summed E-state index contributed by atoms with van der Waals surface area (Å²) in [5.41, 5.74) is 5.39. The zero-order chi connectivity index (χ0) is 19.3. The summed E-state index contributed by atoms with van der Waals surface area (Å²) in [6.45, 7) is 0. The molecule has 1 aliphatic rings. The molecule has 1 fully saturated rings. The Hall–Kier alpha value is -2.49. The summed E-state index contributed by atoms with van der Waals surface area (Å²) in [6.07, 6.45) is 14.1. The minimum absolute atomic E-state index is 0.224. The first-order valence-electron chi connectivity index (χ1n) is 10.4. The van der Waals surface area contributed by atoms with Crippen molar-refractivity contribution in [1.29, 1.82) is 0 Å². The standard InChI is InChI=1S/C24H28FN3/c1-28-22(9-5-8-18-6-3-2-4-7-18)23(19-14-16-26-17-15-19)24(27-28)20-10-12-21(25)13-11-20/h10-18H,2-9H2,1H3. The van der Waals surface area contributed by atoms with E-state index in [2.05, 4.69) is 4.98 Å². The second-order valence-electron chi connectivity index (χ2n) is 7.93. The van der Waals surface area contributed by atoms with E-state index >= 15 is 0 Å². The van der Waals surface area contributed by atoms with Crippen molar-refractivity contribution in [2.75, 3.05) is 0 Å². The molecule has 0 amide bonds. The van der Waals surface area contributed by atoms with Crippen LogP contribution in [-0.4, -0.2) is 14.8 Å². The predicted octanol–water partition coefficient (Wildman–Crippen LogP) is 6.19. The molecule has 0 saturated heterocycles. The Balaban J connectivity index is 1.64. The smallest absolute Gasteiger partial charge is 0.123 e. The van der Waals surface area contributed by atoms with Gasteiger partial charge in [-0.3, -0.25) is 9.67 Å². The third-order valence-electron chi connectivity index (χ3n) is 6.00. The van der Waals surface area contributed by atoms with Crippen molar-refractivity contribution in [2.45, 2.75) is 51.4 Å². The lowest BCUT2D eigenvalue weighted by Crippen LogP contribution is -2.07. The minimum Gasteiger partial charge on any atom is -0.271 e. The van der Waals surface area contributed by atoms with E-state index in [0.29, 0.717) is 0 Å². The van der Waals surface area contributed by atoms with Gasteiger partial charge in [-0.25, -0.2) is 4.39 Å². The van der Waals surface area contributed by atoms with Crippen LogP contribution in [0, 0.1) is 11.7 Å². The summed E-state index contributed by atoms with van der Waals surface area (Å²) < 4.78 is 15.4. The number of rotatable bonds is 6. The van der Waals surface area contributed by atoms with Crippen LogP contribution < -0.4 is 0 Å². The molecule has 0 spiro atoms. The van der Waals surface area contributed by atoms with Gasteiger partial charge < -0.3 is 0 Å². The van der Waals surface area contributed by atoms with E-state index in [1.807, 2.05) is 48.4 Å². The van der Waals surface area contributed by atoms with Crippen LogP contribution in [0.5, 0.6) is 0 Å². The largest absolute Gasteiger partial charge is 0.271 e. The molecule has 0 N–H and O–H groups in total. The van der Waals surface area contributed by atoms with Crippen LogP contribution in [0.15, 0.2) is 48.8 Å². The van der Waals surface area contributed by atoms with Gasteiger partial charge in [0.1, 0.15) is 11.5 Å². The maximum absolute atomic E-state index is 13.4. The van der Waals surface area contributed by atoms with Gasteiger partial charge in [0, 0.05) is 36.3 Å². The fourth-order valence-electron chi connectivity index (χ4n) is 4.51. The SMILES string of the molecule is Cn1nc(-c2ccc(F)cc2)c(-c2ccncc2)c1CCCC1CCCCC1. The van der Waals surface area contributed by atoms with Gasteiger partial charge in [-0.05, 0) is 60.7 Å². The fourth-order valence-corrected chi connectivity index (χ4v) is 4.51. The molecule has 2 aromatic heterocycles. The van der Waals surface area contributed by atoms with Crippen LogP contribution in [0.4, 0.5) is 4.39 Å². The Morgan fingerprint density at radius 1 is 0.964 bits per heavy atom. The molecule has 1 saturated carbocycles. The number of aryl methyl sites for hydroxylation is 1. The van der Waals surface area contributed by atoms with Crippen molar-refractivity contribution < 1.29 is 4.39 Å². The first-order chi connectivity index (χ1) is 13.7. The van der Waals surface area contributed by atoms with Gasteiger partial charge >= 0.3 is 0 Å². The Labute approximate surface area is 166 Å². The molecule has 0 atom stereocenters. The van der Waals surface area contributed by atoms with E-state index in [0.717, 1.165) is 34.7 Å². The Morgan fingerprint density at radius 3 is 2.39 bits per heavy atom. The number of benzene rings is 1. The van der Waals surface area contributed by atoms with Crippen LogP contribution in [0.25, 0.3) is 22.4 Å². The van der Waals surface area contributed by atoms with E-state index in [1.54, 1.807) is 0 Å². The highest BCUT2D eigenvalue weighted by Crippen LogP contribution is 2.35. The third-order valence-corrected chi connectivity index (χ3v) is 6.00. The molecule has 1 aliphatic carbocycles. The van der Waals surface area contributed by atoms with Crippen molar-refractivity contribution in [2.24, 2.45) is 13.0 Å². The van der Waals surface area contributed by atoms with Crippen LogP contribution in [0.1, 0.15) is 50.6 Å². The van der Waals surface area contributed by atoms with Gasteiger partial charge in [0.15, 0.2) is 0 Å². The Morgan fingerprint density at radius 2 is 1.68 bits per heavy atom. The number of nitrogens with zero attached hydrogens (tertiary/aromatic N) is 3. The molecule has 3 nitrogen and oxygen atoms in total. The molecular weight excluding hydrogens is 349 g/mol. The van der Waals surface area contributed by atoms with Gasteiger partial charge in [0.2, 0.25) is 0 Å². The molecule has 28 heavy (non-hydrogen) atoms. The molecule has 0 unspecified atom stereocenters. The van der Waals surface area contributed by atoms with Crippen molar-refractivity contribution in [3.8, 4) is 22.4 Å². The predicted molar refractivity (Wildman–Crippen MR) is 111 cm³/mol. The average Bonchev–Trinajstić information content (AvgIpc) is 3.06. The highest BCUT2D eigenvalue weighted by Gasteiger charge is 2.20. The lowest BCUT2D eigenvalue weighted by Gasteiger charge is -2.21. The van der Waals surface area contributed by atoms with Crippen molar-refractivity contribution in [1.82, 2.24) is 14.8 Å². The Kier molecular flexibility index (Phi) is 5.84. The van der Waals surface area contributed by atoms with E-state index in [9.17, 15) is 4.39 Å². The third kappa shape index (κ3) is 4.16. The normalized spacial score (nSPS) is 15.1. The molecule has 4 heteroatoms. The van der Waals surface area contributed by atoms with E-state index in [4.69, 9.17) is 5.10 Å². The summed E-state index contributed by atoms with van der Waals surface area (Å²) in [4.78, 5) is 4.17. The number of hydrogen-bond acceptors (Lipinski definition) is 2. The van der Waals surface area contributed by atoms with Gasteiger partial charge in [0.25, 0.3) is 0 Å². The summed E-state index contributed by atoms with van der Waals surface area (Å²) in [6, 6.07) is 10.7. The molecule has 3 aromatic rings. The molecule has 0 bridgehead atoms. The number of pyridine rings is 1. The second-order valence-corrected chi connectivity index (χ2v) is 7.93. The zero-order valence-corrected chi connectivity index (χ0v) is 16.6. The number of hydrogen-bond donors (Lipinski definition) is 0. The quantitative estimate of drug-likeness (QED) is 0.513. The monoisotopic (exact) mass is 377 g/mol. The maximum Gasteiger partial charge on any atom is 0.123 e. The number of halogens is 1. The topological polar surface area (TPSA) is 30.7 Å². The summed E-state index contributed by atoms with van der Waals surface area (Å²) in [5.74, 6) is 0.667. The number of aromatic nitrogens is 3. The Bertz CT molecular complexity index is 894. The van der Waals surface area contributed by atoms with E-state index in [1.165, 1.54) is 62.8 Å². The molecule has 1 aromatic carbocycles. The van der Waals surface area contributed by atoms with Crippen LogP contribution >= 0.6 is 0 Å². The zero-order valence-electron chi connectivity index (χ0n) is 16.6. The highest BCUT2D eigenvalue weighted by atomic mass is 19.1. The molecule has 4 rings (SSSR count). The minimum atomic E-state index is -0.224. The van der Waals surface area contributed by atoms with Crippen molar-refractivity contribution in [3.05, 3.63) is 60.3 Å². The van der Waals surface area contributed by atoms with Crippen molar-refractivity contribution in [3.63, 3.8) is 0 Å². The van der Waals surface area contributed by atoms with E-state index in [-0.39, 0.29) is 5.82 Å². The van der Waals surface area contributed by atoms with Gasteiger partial charge in [-0.1, -0.05) is 38.5 Å². The van der Waals surface area contributed by atoms with Gasteiger partial charge in [-0.2, -0.15) is 5.10 Å². The summed E-state index contributed by atoms with van der Waals surface area (Å²) >= 11 is 0. The molecule has 0 radical (unpaired) electrons. The maximum atomic E-state index is 13.4. The second kappa shape index (κ2) is 8.68. The molecule has 146 valence electrons. The fraction of sp³-hybridized carbons (Fsp3) is 0.417. The van der Waals surface area contributed by atoms with E-state index < -0.39 is 0 Å². The summed E-state index contributed by atoms with van der Waals surface area (Å²) in [5, 5.41) is 4.83. The average molecular weight is 378 g/mol. The van der Waals surface area contributed by atoms with Gasteiger partial charge in [0.05, 0.1) is 0 Å². The lowest BCUT2D eigenvalue weighted by molar-refractivity contribution is 0.331. The van der Waals surface area contributed by atoms with Crippen LogP contribution in [0.2, 0.25) is 0 Å². The highest BCUT2D eigenvalue weighted by molar-refractivity contribution is 5.82. The van der Waals surface area contributed by atoms with Crippen LogP contribution in [0.3, 0.4) is 0 Å². The van der Waals surface area contributed by atoms with Crippen LogP contribution in [-0.2, 0) is 13.5 Å². The van der Waals surface area contributed by atoms with Gasteiger partial charge in [-0.15, -0.1) is 0 Å². The summed E-state index contributed by atoms with van der Waals surface area (Å²) in [7, 11) is 2.02. The molecular formula is C24H28FN3. The molecule has 0 aliphatic heterocycles. The molecule has 2 heterocycles. The lowest BCUT2D eigenvalue weighted by atomic mass is 9.85. The van der Waals surface area contributed by atoms with Crippen molar-refractivity contribution >= 4 is 0 Å². The first kappa shape index (κ1) is 18.9. The first-order valence-corrected chi connectivity index (χ1v) is 10.4.